The molecule has 0 aromatic carbocycles. The van der Waals surface area contributed by atoms with Crippen molar-refractivity contribution in [3.05, 3.63) is 0 Å². The van der Waals surface area contributed by atoms with Crippen LogP contribution in [0.15, 0.2) is 0 Å². The molecule has 5 nitrogen and oxygen atoms in total. The van der Waals surface area contributed by atoms with Gasteiger partial charge in [0.2, 0.25) is 0 Å². The summed E-state index contributed by atoms with van der Waals surface area (Å²) in [4.78, 5) is 18.6. The Bertz CT molecular complexity index is 293. The first-order chi connectivity index (χ1) is 9.06. The summed E-state index contributed by atoms with van der Waals surface area (Å²) in [5.41, 5.74) is 0. The van der Waals surface area contributed by atoms with E-state index in [1.807, 2.05) is 4.90 Å². The second-order valence-electron chi connectivity index (χ2n) is 6.00. The van der Waals surface area contributed by atoms with Crippen molar-refractivity contribution in [1.29, 1.82) is 0 Å². The fourth-order valence-corrected chi connectivity index (χ4v) is 2.74. The first-order valence-electron chi connectivity index (χ1n) is 7.44. The minimum atomic E-state index is -0.113. The van der Waals surface area contributed by atoms with E-state index in [-0.39, 0.29) is 12.2 Å². The van der Waals surface area contributed by atoms with Crippen LogP contribution in [0.4, 0.5) is 4.79 Å². The zero-order chi connectivity index (χ0) is 13.8. The van der Waals surface area contributed by atoms with Crippen molar-refractivity contribution >= 4 is 6.09 Å². The summed E-state index contributed by atoms with van der Waals surface area (Å²) >= 11 is 0. The van der Waals surface area contributed by atoms with Crippen LogP contribution in [-0.4, -0.2) is 79.3 Å². The van der Waals surface area contributed by atoms with Crippen molar-refractivity contribution in [1.82, 2.24) is 14.7 Å². The number of ether oxygens (including phenoxy) is 1. The second kappa shape index (κ2) is 6.57. The fourth-order valence-electron chi connectivity index (χ4n) is 2.74. The summed E-state index contributed by atoms with van der Waals surface area (Å²) in [7, 11) is 2.11. The van der Waals surface area contributed by atoms with Crippen LogP contribution in [0.3, 0.4) is 0 Å². The highest BCUT2D eigenvalue weighted by Crippen LogP contribution is 2.15. The predicted octanol–water partition coefficient (Wildman–Crippen LogP) is 1.24. The molecule has 2 fully saturated rings. The van der Waals surface area contributed by atoms with Gasteiger partial charge >= 0.3 is 6.09 Å². The molecule has 1 amide bonds. The predicted molar refractivity (Wildman–Crippen MR) is 75.3 cm³/mol. The number of rotatable bonds is 2. The molecular weight excluding hydrogens is 242 g/mol. The zero-order valence-corrected chi connectivity index (χ0v) is 12.5. The third-order valence-electron chi connectivity index (χ3n) is 4.24. The van der Waals surface area contributed by atoms with E-state index in [0.717, 1.165) is 52.1 Å². The molecule has 2 aliphatic heterocycles. The van der Waals surface area contributed by atoms with Gasteiger partial charge in [-0.3, -0.25) is 4.90 Å². The number of carbonyl (C=O) groups is 1. The Hall–Kier alpha value is -0.810. The Morgan fingerprint density at radius 3 is 2.16 bits per heavy atom. The van der Waals surface area contributed by atoms with Crippen LogP contribution < -0.4 is 0 Å². The van der Waals surface area contributed by atoms with E-state index >= 15 is 0 Å². The topological polar surface area (TPSA) is 36.0 Å². The number of piperazine rings is 1. The molecule has 2 heterocycles. The van der Waals surface area contributed by atoms with E-state index < -0.39 is 0 Å². The smallest absolute Gasteiger partial charge is 0.410 e. The van der Waals surface area contributed by atoms with Gasteiger partial charge in [0.1, 0.15) is 6.10 Å². The van der Waals surface area contributed by atoms with E-state index in [9.17, 15) is 4.79 Å². The van der Waals surface area contributed by atoms with Gasteiger partial charge in [-0.2, -0.15) is 0 Å². The minimum absolute atomic E-state index is 0.113. The molecule has 0 saturated carbocycles. The van der Waals surface area contributed by atoms with Crippen LogP contribution in [0.25, 0.3) is 0 Å². The summed E-state index contributed by atoms with van der Waals surface area (Å²) < 4.78 is 5.62. The van der Waals surface area contributed by atoms with Gasteiger partial charge in [-0.1, -0.05) is 0 Å². The number of nitrogens with zero attached hydrogens (tertiary/aromatic N) is 3. The quantitative estimate of drug-likeness (QED) is 0.756. The third kappa shape index (κ3) is 4.08. The highest BCUT2D eigenvalue weighted by Gasteiger charge is 2.26. The van der Waals surface area contributed by atoms with Gasteiger partial charge < -0.3 is 14.5 Å². The van der Waals surface area contributed by atoms with E-state index in [1.165, 1.54) is 0 Å². The van der Waals surface area contributed by atoms with Crippen molar-refractivity contribution in [2.24, 2.45) is 0 Å². The SMILES string of the molecule is CC(C)N1CCN(C(=O)OC2CCN(C)CC2)CC1. The maximum absolute atomic E-state index is 12.1. The molecule has 0 aliphatic carbocycles. The number of hydrogen-bond acceptors (Lipinski definition) is 4. The van der Waals surface area contributed by atoms with Crippen LogP contribution in [0.1, 0.15) is 26.7 Å². The molecular formula is C14H27N3O2. The molecule has 2 aliphatic rings. The van der Waals surface area contributed by atoms with Gasteiger partial charge in [-0.15, -0.1) is 0 Å². The molecule has 0 radical (unpaired) electrons. The van der Waals surface area contributed by atoms with E-state index in [4.69, 9.17) is 4.74 Å². The maximum Gasteiger partial charge on any atom is 0.410 e. The highest BCUT2D eigenvalue weighted by molar-refractivity contribution is 5.68. The number of carbonyl (C=O) groups excluding carboxylic acids is 1. The molecule has 110 valence electrons. The van der Waals surface area contributed by atoms with Crippen molar-refractivity contribution in [2.45, 2.75) is 38.8 Å². The average molecular weight is 269 g/mol. The molecule has 0 aromatic rings. The van der Waals surface area contributed by atoms with Gasteiger partial charge in [-0.25, -0.2) is 4.79 Å². The van der Waals surface area contributed by atoms with E-state index in [0.29, 0.717) is 6.04 Å². The summed E-state index contributed by atoms with van der Waals surface area (Å²) in [6.45, 7) is 9.96. The van der Waals surface area contributed by atoms with Crippen LogP contribution in [0, 0.1) is 0 Å². The molecule has 19 heavy (non-hydrogen) atoms. The first-order valence-corrected chi connectivity index (χ1v) is 7.44. The van der Waals surface area contributed by atoms with Crippen molar-refractivity contribution in [3.63, 3.8) is 0 Å². The number of hydrogen-bond donors (Lipinski definition) is 0. The Balaban J connectivity index is 1.72. The molecule has 2 rings (SSSR count). The van der Waals surface area contributed by atoms with Crippen LogP contribution >= 0.6 is 0 Å². The Morgan fingerprint density at radius 1 is 1.05 bits per heavy atom. The van der Waals surface area contributed by atoms with E-state index in [1.54, 1.807) is 0 Å². The zero-order valence-electron chi connectivity index (χ0n) is 12.5. The lowest BCUT2D eigenvalue weighted by molar-refractivity contribution is 0.0199. The molecule has 0 N–H and O–H groups in total. The normalized spacial score (nSPS) is 23.9. The van der Waals surface area contributed by atoms with Crippen LogP contribution in [0.5, 0.6) is 0 Å². The van der Waals surface area contributed by atoms with Crippen molar-refractivity contribution < 1.29 is 9.53 Å². The molecule has 0 aromatic heterocycles. The Kier molecular flexibility index (Phi) is 5.05. The lowest BCUT2D eigenvalue weighted by Crippen LogP contribution is -2.51. The van der Waals surface area contributed by atoms with Gasteiger partial charge in [0.25, 0.3) is 0 Å². The molecule has 0 atom stereocenters. The van der Waals surface area contributed by atoms with Crippen LogP contribution in [-0.2, 0) is 4.74 Å². The molecule has 5 heteroatoms. The molecule has 0 bridgehead atoms. The Morgan fingerprint density at radius 2 is 1.63 bits per heavy atom. The average Bonchev–Trinajstić information content (AvgIpc) is 2.41. The summed E-state index contributed by atoms with van der Waals surface area (Å²) in [6, 6.07) is 0.562. The standard InChI is InChI=1S/C14H27N3O2/c1-12(2)16-8-10-17(11-9-16)14(18)19-13-4-6-15(3)7-5-13/h12-13H,4-11H2,1-3H3. The highest BCUT2D eigenvalue weighted by atomic mass is 16.6. The largest absolute Gasteiger partial charge is 0.446 e. The maximum atomic E-state index is 12.1. The lowest BCUT2D eigenvalue weighted by Gasteiger charge is -2.37. The molecule has 0 unspecified atom stereocenters. The van der Waals surface area contributed by atoms with Gasteiger partial charge in [-0.05, 0) is 33.7 Å². The van der Waals surface area contributed by atoms with Crippen LogP contribution in [0.2, 0.25) is 0 Å². The summed E-state index contributed by atoms with van der Waals surface area (Å²) in [6.07, 6.45) is 1.94. The monoisotopic (exact) mass is 269 g/mol. The molecule has 0 spiro atoms. The number of likely N-dealkylation sites (tertiary alicyclic amines) is 1. The van der Waals surface area contributed by atoms with Gasteiger partial charge in [0.15, 0.2) is 0 Å². The third-order valence-corrected chi connectivity index (χ3v) is 4.24. The Labute approximate surface area is 116 Å². The summed E-state index contributed by atoms with van der Waals surface area (Å²) in [5.74, 6) is 0. The second-order valence-corrected chi connectivity index (χ2v) is 6.00. The number of piperidine rings is 1. The minimum Gasteiger partial charge on any atom is -0.446 e. The number of amides is 1. The van der Waals surface area contributed by atoms with Crippen molar-refractivity contribution in [3.8, 4) is 0 Å². The summed E-state index contributed by atoms with van der Waals surface area (Å²) in [5, 5.41) is 0. The fraction of sp³-hybridized carbons (Fsp3) is 0.929. The van der Waals surface area contributed by atoms with E-state index in [2.05, 4.69) is 30.7 Å². The molecule has 2 saturated heterocycles. The first kappa shape index (κ1) is 14.6. The van der Waals surface area contributed by atoms with Gasteiger partial charge in [0.05, 0.1) is 0 Å². The van der Waals surface area contributed by atoms with Crippen molar-refractivity contribution in [2.75, 3.05) is 46.3 Å². The lowest BCUT2D eigenvalue weighted by atomic mass is 10.1. The van der Waals surface area contributed by atoms with Gasteiger partial charge in [0, 0.05) is 45.3 Å².